The lowest BCUT2D eigenvalue weighted by Gasteiger charge is -2.27. The van der Waals surface area contributed by atoms with Crippen molar-refractivity contribution in [2.24, 2.45) is 0 Å². The molecular weight excluding hydrogens is 364 g/mol. The van der Waals surface area contributed by atoms with E-state index in [9.17, 15) is 0 Å². The fraction of sp³-hybridized carbons (Fsp3) is 0.520. The van der Waals surface area contributed by atoms with Crippen molar-refractivity contribution in [1.82, 2.24) is 0 Å². The normalized spacial score (nSPS) is 16.6. The molecule has 2 unspecified atom stereocenters. The molecule has 0 spiro atoms. The van der Waals surface area contributed by atoms with E-state index in [1.54, 1.807) is 7.11 Å². The number of benzene rings is 2. The van der Waals surface area contributed by atoms with E-state index in [4.69, 9.17) is 19.3 Å². The van der Waals surface area contributed by atoms with Crippen LogP contribution in [-0.4, -0.2) is 38.3 Å². The van der Waals surface area contributed by atoms with Crippen molar-refractivity contribution in [1.29, 1.82) is 0 Å². The molecule has 1 aliphatic rings. The first-order valence-electron chi connectivity index (χ1n) is 10.6. The zero-order valence-corrected chi connectivity index (χ0v) is 18.3. The summed E-state index contributed by atoms with van der Waals surface area (Å²) in [5.41, 5.74) is 2.58. The first-order chi connectivity index (χ1) is 14.3. The molecule has 0 radical (unpaired) electrons. The minimum Gasteiger partial charge on any atom is -0.400 e. The van der Waals surface area contributed by atoms with Gasteiger partial charge in [0.05, 0.1) is 12.7 Å². The predicted molar refractivity (Wildman–Crippen MR) is 119 cm³/mol. The second-order valence-corrected chi connectivity index (χ2v) is 6.95. The van der Waals surface area contributed by atoms with Crippen molar-refractivity contribution in [3.05, 3.63) is 71.8 Å². The molecule has 0 amide bonds. The molecule has 2 aromatic rings. The van der Waals surface area contributed by atoms with Crippen molar-refractivity contribution in [2.45, 2.75) is 64.4 Å². The number of hydrogen-bond donors (Lipinski definition) is 1. The van der Waals surface area contributed by atoms with Crippen molar-refractivity contribution in [3.63, 3.8) is 0 Å². The van der Waals surface area contributed by atoms with Gasteiger partial charge in [0.25, 0.3) is 0 Å². The molecule has 4 heteroatoms. The molecule has 1 heterocycles. The highest BCUT2D eigenvalue weighted by Gasteiger charge is 2.19. The first-order valence-corrected chi connectivity index (χ1v) is 10.6. The quantitative estimate of drug-likeness (QED) is 0.644. The van der Waals surface area contributed by atoms with Gasteiger partial charge in [-0.3, -0.25) is 0 Å². The topological polar surface area (TPSA) is 47.9 Å². The van der Waals surface area contributed by atoms with Crippen LogP contribution in [0, 0.1) is 0 Å². The lowest BCUT2D eigenvalue weighted by atomic mass is 10.0. The second kappa shape index (κ2) is 17.2. The highest BCUT2D eigenvalue weighted by molar-refractivity contribution is 5.15. The zero-order valence-electron chi connectivity index (χ0n) is 18.3. The third-order valence-electron chi connectivity index (χ3n) is 4.55. The highest BCUT2D eigenvalue weighted by atomic mass is 16.7. The fourth-order valence-corrected chi connectivity index (χ4v) is 3.19. The van der Waals surface area contributed by atoms with Gasteiger partial charge >= 0.3 is 0 Å². The summed E-state index contributed by atoms with van der Waals surface area (Å²) in [5, 5.41) is 7.00. The van der Waals surface area contributed by atoms with Gasteiger partial charge in [0.1, 0.15) is 0 Å². The summed E-state index contributed by atoms with van der Waals surface area (Å²) in [4.78, 5) is 0. The molecule has 1 aliphatic heterocycles. The number of hydrogen-bond acceptors (Lipinski definition) is 4. The van der Waals surface area contributed by atoms with E-state index in [-0.39, 0.29) is 6.29 Å². The van der Waals surface area contributed by atoms with Crippen LogP contribution in [0.15, 0.2) is 60.7 Å². The Kier molecular flexibility index (Phi) is 15.0. The summed E-state index contributed by atoms with van der Waals surface area (Å²) in [6.07, 6.45) is 7.04. The van der Waals surface area contributed by atoms with Gasteiger partial charge in [-0.05, 0) is 43.2 Å². The molecular formula is C25H38O4. The van der Waals surface area contributed by atoms with Gasteiger partial charge in [0.15, 0.2) is 6.29 Å². The van der Waals surface area contributed by atoms with Crippen LogP contribution < -0.4 is 0 Å². The number of aliphatic hydroxyl groups excluding tert-OH is 1. The van der Waals surface area contributed by atoms with E-state index in [2.05, 4.69) is 37.3 Å². The molecule has 162 valence electrons. The first kappa shape index (κ1) is 25.3. The Morgan fingerprint density at radius 3 is 2.10 bits per heavy atom. The maximum absolute atomic E-state index is 7.00. The molecule has 1 saturated heterocycles. The molecule has 0 bridgehead atoms. The monoisotopic (exact) mass is 402 g/mol. The maximum atomic E-state index is 7.00. The smallest absolute Gasteiger partial charge is 0.157 e. The van der Waals surface area contributed by atoms with Gasteiger partial charge in [-0.1, -0.05) is 74.0 Å². The van der Waals surface area contributed by atoms with Crippen LogP contribution in [0.25, 0.3) is 0 Å². The summed E-state index contributed by atoms with van der Waals surface area (Å²) in [5.74, 6) is 0. The Bertz CT molecular complexity index is 582. The van der Waals surface area contributed by atoms with Crippen molar-refractivity contribution < 1.29 is 19.3 Å². The van der Waals surface area contributed by atoms with Crippen LogP contribution in [0.3, 0.4) is 0 Å². The molecule has 1 fully saturated rings. The molecule has 0 aromatic heterocycles. The summed E-state index contributed by atoms with van der Waals surface area (Å²) >= 11 is 0. The van der Waals surface area contributed by atoms with Gasteiger partial charge in [0.2, 0.25) is 0 Å². The van der Waals surface area contributed by atoms with Gasteiger partial charge in [-0.25, -0.2) is 0 Å². The molecule has 2 atom stereocenters. The lowest BCUT2D eigenvalue weighted by molar-refractivity contribution is -0.188. The standard InChI is InChI=1S/C16H24O2.C8H10O.CH4O/c1-2-8-15(13-14-9-4-3-5-10-14)18-16-11-6-7-12-17-16;1-9-7-8-5-3-2-4-6-8;1-2/h3-5,9-10,15-16H,2,6-8,11-13H2,1H3;2-6H,7H2,1H3;2H,1H3. The van der Waals surface area contributed by atoms with Crippen LogP contribution in [0.2, 0.25) is 0 Å². The van der Waals surface area contributed by atoms with Gasteiger partial charge in [-0.2, -0.15) is 0 Å². The number of aliphatic hydroxyl groups is 1. The Morgan fingerprint density at radius 2 is 1.59 bits per heavy atom. The van der Waals surface area contributed by atoms with Crippen LogP contribution in [-0.2, 0) is 27.2 Å². The number of methoxy groups -OCH3 is 1. The number of rotatable bonds is 8. The maximum Gasteiger partial charge on any atom is 0.157 e. The third kappa shape index (κ3) is 11.8. The average Bonchev–Trinajstić information content (AvgIpc) is 2.78. The van der Waals surface area contributed by atoms with Gasteiger partial charge < -0.3 is 19.3 Å². The van der Waals surface area contributed by atoms with Crippen LogP contribution in [0.4, 0.5) is 0 Å². The molecule has 0 saturated carbocycles. The Labute approximate surface area is 176 Å². The van der Waals surface area contributed by atoms with Crippen LogP contribution >= 0.6 is 0 Å². The largest absolute Gasteiger partial charge is 0.400 e. The van der Waals surface area contributed by atoms with Crippen molar-refractivity contribution in [2.75, 3.05) is 20.8 Å². The second-order valence-electron chi connectivity index (χ2n) is 6.95. The van der Waals surface area contributed by atoms with Gasteiger partial charge in [-0.15, -0.1) is 0 Å². The molecule has 2 aromatic carbocycles. The Morgan fingerprint density at radius 1 is 0.966 bits per heavy atom. The average molecular weight is 403 g/mol. The van der Waals surface area contributed by atoms with E-state index >= 15 is 0 Å². The minimum absolute atomic E-state index is 0.0269. The van der Waals surface area contributed by atoms with E-state index in [0.717, 1.165) is 39.4 Å². The zero-order chi connectivity index (χ0) is 21.2. The Hall–Kier alpha value is -1.72. The Balaban J connectivity index is 0.000000321. The lowest BCUT2D eigenvalue weighted by Crippen LogP contribution is -2.29. The summed E-state index contributed by atoms with van der Waals surface area (Å²) in [6, 6.07) is 20.7. The van der Waals surface area contributed by atoms with Gasteiger partial charge in [0, 0.05) is 20.8 Å². The third-order valence-corrected chi connectivity index (χ3v) is 4.55. The molecule has 29 heavy (non-hydrogen) atoms. The molecule has 3 rings (SSSR count). The summed E-state index contributed by atoms with van der Waals surface area (Å²) < 4.78 is 16.7. The number of ether oxygens (including phenoxy) is 3. The van der Waals surface area contributed by atoms with E-state index < -0.39 is 0 Å². The highest BCUT2D eigenvalue weighted by Crippen LogP contribution is 2.19. The van der Waals surface area contributed by atoms with E-state index in [1.165, 1.54) is 24.0 Å². The molecule has 1 N–H and O–H groups in total. The van der Waals surface area contributed by atoms with Crippen LogP contribution in [0.1, 0.15) is 50.2 Å². The van der Waals surface area contributed by atoms with Crippen LogP contribution in [0.5, 0.6) is 0 Å². The molecule has 0 aliphatic carbocycles. The van der Waals surface area contributed by atoms with Crippen molar-refractivity contribution in [3.8, 4) is 0 Å². The summed E-state index contributed by atoms with van der Waals surface area (Å²) in [6.45, 7) is 3.78. The van der Waals surface area contributed by atoms with E-state index in [0.29, 0.717) is 12.7 Å². The molecule has 4 nitrogen and oxygen atoms in total. The van der Waals surface area contributed by atoms with Crippen molar-refractivity contribution >= 4 is 0 Å². The SMILES string of the molecule is CCCC(Cc1ccccc1)OC1CCCCO1.CO.COCc1ccccc1. The predicted octanol–water partition coefficient (Wildman–Crippen LogP) is 5.38. The minimum atomic E-state index is 0.0269. The summed E-state index contributed by atoms with van der Waals surface area (Å²) in [7, 11) is 2.70. The fourth-order valence-electron chi connectivity index (χ4n) is 3.19. The van der Waals surface area contributed by atoms with E-state index in [1.807, 2.05) is 30.3 Å².